The van der Waals surface area contributed by atoms with Crippen molar-refractivity contribution in [3.8, 4) is 11.5 Å². The van der Waals surface area contributed by atoms with Crippen molar-refractivity contribution in [1.82, 2.24) is 14.8 Å². The largest absolute Gasteiger partial charge is 0.492 e. The van der Waals surface area contributed by atoms with Crippen LogP contribution in [0.5, 0.6) is 11.5 Å². The highest BCUT2D eigenvalue weighted by Gasteiger charge is 2.37. The Balaban J connectivity index is 1.20. The summed E-state index contributed by atoms with van der Waals surface area (Å²) in [5, 5.41) is 4.03. The van der Waals surface area contributed by atoms with E-state index < -0.39 is 0 Å². The normalized spacial score (nSPS) is 18.6. The average Bonchev–Trinajstić information content (AvgIpc) is 3.24. The Morgan fingerprint density at radius 2 is 1.87 bits per heavy atom. The van der Waals surface area contributed by atoms with E-state index >= 15 is 0 Å². The molecule has 1 fully saturated rings. The van der Waals surface area contributed by atoms with Gasteiger partial charge in [0.1, 0.15) is 11.5 Å². The van der Waals surface area contributed by atoms with Gasteiger partial charge in [0.05, 0.1) is 18.8 Å². The average molecular weight is 534 g/mol. The van der Waals surface area contributed by atoms with Gasteiger partial charge in [-0.2, -0.15) is 0 Å². The van der Waals surface area contributed by atoms with Crippen molar-refractivity contribution in [2.24, 2.45) is 12.5 Å². The quantitative estimate of drug-likeness (QED) is 0.537. The van der Waals surface area contributed by atoms with Crippen molar-refractivity contribution >= 4 is 22.7 Å². The summed E-state index contributed by atoms with van der Waals surface area (Å²) < 4.78 is 20.1. The minimum Gasteiger partial charge on any atom is -0.492 e. The Hall–Kier alpha value is -3.52. The van der Waals surface area contributed by atoms with Crippen LogP contribution in [0.3, 0.4) is 0 Å². The van der Waals surface area contributed by atoms with Crippen molar-refractivity contribution < 1.29 is 23.8 Å². The molecule has 1 spiro atoms. The van der Waals surface area contributed by atoms with Gasteiger partial charge in [-0.25, -0.2) is 0 Å². The number of fused-ring (bicyclic) bond motifs is 2. The molecule has 1 aromatic heterocycles. The first-order valence-corrected chi connectivity index (χ1v) is 14.0. The molecule has 8 nitrogen and oxygen atoms in total. The minimum absolute atomic E-state index is 0.00594. The summed E-state index contributed by atoms with van der Waals surface area (Å²) in [5.74, 6) is 1.16. The Bertz CT molecular complexity index is 1310. The highest BCUT2D eigenvalue weighted by atomic mass is 16.5. The summed E-state index contributed by atoms with van der Waals surface area (Å²) in [4.78, 5) is 27.7. The number of aromatic nitrogens is 1. The lowest BCUT2D eigenvalue weighted by Crippen LogP contribution is -2.47. The molecular weight excluding hydrogens is 494 g/mol. The number of nitrogens with zero attached hydrogens (tertiary/aromatic N) is 2. The predicted molar refractivity (Wildman–Crippen MR) is 150 cm³/mol. The first-order chi connectivity index (χ1) is 18.9. The van der Waals surface area contributed by atoms with E-state index in [4.69, 9.17) is 14.2 Å². The number of piperidine rings is 1. The van der Waals surface area contributed by atoms with Crippen LogP contribution in [0.2, 0.25) is 0 Å². The predicted octanol–water partition coefficient (Wildman–Crippen LogP) is 4.48. The summed E-state index contributed by atoms with van der Waals surface area (Å²) >= 11 is 0. The summed E-state index contributed by atoms with van der Waals surface area (Å²) in [5.41, 5.74) is 2.81. The number of ether oxygens (including phenoxy) is 3. The molecule has 0 radical (unpaired) electrons. The Labute approximate surface area is 230 Å². The Morgan fingerprint density at radius 3 is 2.72 bits per heavy atom. The van der Waals surface area contributed by atoms with Crippen LogP contribution in [0, 0.1) is 12.3 Å². The molecule has 2 aliphatic rings. The Kier molecular flexibility index (Phi) is 8.41. The van der Waals surface area contributed by atoms with Gasteiger partial charge in [0.25, 0.3) is 11.8 Å². The molecule has 2 aromatic carbocycles. The number of nitrogens with one attached hydrogen (secondary N) is 1. The lowest BCUT2D eigenvalue weighted by atomic mass is 9.75. The number of hydrogen-bond acceptors (Lipinski definition) is 5. The fourth-order valence-corrected chi connectivity index (χ4v) is 5.64. The lowest BCUT2D eigenvalue weighted by molar-refractivity contribution is -0.136. The van der Waals surface area contributed by atoms with Crippen molar-refractivity contribution in [2.45, 2.75) is 39.0 Å². The van der Waals surface area contributed by atoms with E-state index in [9.17, 15) is 9.59 Å². The Morgan fingerprint density at radius 1 is 1.05 bits per heavy atom. The number of amides is 2. The van der Waals surface area contributed by atoms with Gasteiger partial charge >= 0.3 is 0 Å². The standard InChI is InChI=1S/C31H39N3O5/c1-23-19-24-20-25(9-10-27(24)33(23)2)38-21-29(35)34-15-12-31(13-16-34)11-5-6-17-37-18-14-32-30(36)26-7-3-4-8-28(26)39-22-31/h3-4,7-10,19-20H,5-6,11-18,21-22H2,1-2H3,(H,32,36). The van der Waals surface area contributed by atoms with Crippen molar-refractivity contribution in [3.05, 3.63) is 59.8 Å². The molecule has 208 valence electrons. The van der Waals surface area contributed by atoms with Gasteiger partial charge in [0, 0.05) is 55.3 Å². The number of carbonyl (C=O) groups excluding carboxylic acids is 2. The van der Waals surface area contributed by atoms with Gasteiger partial charge in [-0.3, -0.25) is 9.59 Å². The molecule has 39 heavy (non-hydrogen) atoms. The molecule has 2 aliphatic heterocycles. The molecule has 0 bridgehead atoms. The van der Waals surface area contributed by atoms with Crippen LogP contribution in [0.4, 0.5) is 0 Å². The molecule has 1 saturated heterocycles. The van der Waals surface area contributed by atoms with Gasteiger partial charge in [0.15, 0.2) is 6.61 Å². The van der Waals surface area contributed by atoms with Crippen LogP contribution in [-0.4, -0.2) is 67.3 Å². The van der Waals surface area contributed by atoms with E-state index in [1.54, 1.807) is 6.07 Å². The third kappa shape index (κ3) is 6.38. The van der Waals surface area contributed by atoms with Gasteiger partial charge in [0.2, 0.25) is 0 Å². The molecule has 5 rings (SSSR count). The molecule has 0 atom stereocenters. The number of benzene rings is 2. The topological polar surface area (TPSA) is 82.0 Å². The molecule has 0 aliphatic carbocycles. The van der Waals surface area contributed by atoms with Crippen molar-refractivity contribution in [2.75, 3.05) is 46.1 Å². The second-order valence-corrected chi connectivity index (χ2v) is 10.8. The second kappa shape index (κ2) is 12.1. The van der Waals surface area contributed by atoms with Crippen LogP contribution >= 0.6 is 0 Å². The molecule has 2 amide bonds. The van der Waals surface area contributed by atoms with E-state index in [2.05, 4.69) is 22.9 Å². The molecule has 0 unspecified atom stereocenters. The zero-order valence-corrected chi connectivity index (χ0v) is 23.0. The molecule has 8 heteroatoms. The molecule has 3 aromatic rings. The fraction of sp³-hybridized carbons (Fsp3) is 0.484. The van der Waals surface area contributed by atoms with Crippen molar-refractivity contribution in [1.29, 1.82) is 0 Å². The van der Waals surface area contributed by atoms with Crippen LogP contribution in [-0.2, 0) is 16.6 Å². The number of hydrogen-bond donors (Lipinski definition) is 1. The molecule has 1 N–H and O–H groups in total. The van der Waals surface area contributed by atoms with Gasteiger partial charge in [-0.15, -0.1) is 0 Å². The third-order valence-corrected chi connectivity index (χ3v) is 8.24. The molecular formula is C31H39N3O5. The number of likely N-dealkylation sites (tertiary alicyclic amines) is 1. The van der Waals surface area contributed by atoms with E-state index in [1.807, 2.05) is 48.3 Å². The minimum atomic E-state index is -0.151. The highest BCUT2D eigenvalue weighted by Crippen LogP contribution is 2.38. The van der Waals surface area contributed by atoms with Gasteiger partial charge in [-0.1, -0.05) is 18.6 Å². The zero-order chi connectivity index (χ0) is 27.2. The number of rotatable bonds is 3. The maximum Gasteiger partial charge on any atom is 0.260 e. The summed E-state index contributed by atoms with van der Waals surface area (Å²) in [6.45, 7) is 5.62. The number of aryl methyl sites for hydroxylation is 2. The monoisotopic (exact) mass is 533 g/mol. The van der Waals surface area contributed by atoms with Gasteiger partial charge in [-0.05, 0) is 69.0 Å². The summed E-state index contributed by atoms with van der Waals surface area (Å²) in [7, 11) is 2.05. The van der Waals surface area contributed by atoms with E-state index in [0.29, 0.717) is 56.5 Å². The summed E-state index contributed by atoms with van der Waals surface area (Å²) in [6.07, 6.45) is 4.70. The van der Waals surface area contributed by atoms with E-state index in [0.717, 1.165) is 43.0 Å². The maximum atomic E-state index is 13.0. The SMILES string of the molecule is Cc1cc2cc(OCC(=O)N3CCC4(CCCCOCCNC(=O)c5ccccc5OC4)CC3)ccc2n1C. The third-order valence-electron chi connectivity index (χ3n) is 8.24. The zero-order valence-electron chi connectivity index (χ0n) is 23.0. The van der Waals surface area contributed by atoms with Crippen LogP contribution in [0.1, 0.15) is 48.2 Å². The fourth-order valence-electron chi connectivity index (χ4n) is 5.64. The van der Waals surface area contributed by atoms with Gasteiger partial charge < -0.3 is 29.0 Å². The maximum absolute atomic E-state index is 13.0. The highest BCUT2D eigenvalue weighted by molar-refractivity contribution is 5.96. The van der Waals surface area contributed by atoms with Crippen LogP contribution < -0.4 is 14.8 Å². The molecule has 3 heterocycles. The second-order valence-electron chi connectivity index (χ2n) is 10.8. The van der Waals surface area contributed by atoms with Crippen molar-refractivity contribution in [3.63, 3.8) is 0 Å². The number of para-hydroxylation sites is 1. The summed E-state index contributed by atoms with van der Waals surface area (Å²) in [6, 6.07) is 15.5. The number of carbonyl (C=O) groups is 2. The van der Waals surface area contributed by atoms with Crippen LogP contribution in [0.25, 0.3) is 10.9 Å². The van der Waals surface area contributed by atoms with Crippen LogP contribution in [0.15, 0.2) is 48.5 Å². The van der Waals surface area contributed by atoms with E-state index in [-0.39, 0.29) is 23.8 Å². The first-order valence-electron chi connectivity index (χ1n) is 14.0. The first kappa shape index (κ1) is 27.1. The van der Waals surface area contributed by atoms with E-state index in [1.165, 1.54) is 5.69 Å². The smallest absolute Gasteiger partial charge is 0.260 e. The molecule has 0 saturated carbocycles. The lowest BCUT2D eigenvalue weighted by Gasteiger charge is -2.42.